The van der Waals surface area contributed by atoms with E-state index in [0.29, 0.717) is 0 Å². The third kappa shape index (κ3) is 9.03. The predicted molar refractivity (Wildman–Crippen MR) is 11.1 cm³/mol. The molecule has 0 N–H and O–H groups in total. The summed E-state index contributed by atoms with van der Waals surface area (Å²) in [6, 6.07) is 0. The van der Waals surface area contributed by atoms with Crippen LogP contribution >= 0.6 is 9.90 Å². The fourth-order valence-corrected chi connectivity index (χ4v) is 0. The Kier molecular flexibility index (Phi) is 193. The predicted octanol–water partition coefficient (Wildman–Crippen LogP) is 0.0506. The number of hydrogen-bond acceptors (Lipinski definition) is 0. The van der Waals surface area contributed by atoms with E-state index in [9.17, 15) is 0 Å². The number of rotatable bonds is 0. The molecule has 40 valence electrons. The molecule has 4 heteroatoms. The summed E-state index contributed by atoms with van der Waals surface area (Å²) < 4.78 is 0. The molecule has 0 spiro atoms. The molecule has 0 amide bonds. The van der Waals surface area contributed by atoms with Crippen LogP contribution in [0.25, 0.3) is 0 Å². The van der Waals surface area contributed by atoms with Crippen LogP contribution in [-0.2, 0) is 50.6 Å². The Balaban J connectivity index is 0. The molecule has 0 aromatic carbocycles. The summed E-state index contributed by atoms with van der Waals surface area (Å²) in [5.74, 6) is 0. The summed E-state index contributed by atoms with van der Waals surface area (Å²) in [5, 5.41) is 0. The first-order valence-electron chi connectivity index (χ1n) is 0. The SMILES string of the molecule is P.[Cu].[Cu].[Ni]. The summed E-state index contributed by atoms with van der Waals surface area (Å²) in [6.45, 7) is 0. The monoisotopic (exact) mass is 218 g/mol. The molecule has 1 unspecified atom stereocenters. The molecular weight excluding hydrogens is 217 g/mol. The average molecular weight is 220 g/mol. The molecule has 0 aromatic rings. The maximum Gasteiger partial charge on any atom is 0 e. The summed E-state index contributed by atoms with van der Waals surface area (Å²) in [7, 11) is 0. The Morgan fingerprint density at radius 1 is 0.750 bits per heavy atom. The van der Waals surface area contributed by atoms with Crippen molar-refractivity contribution in [1.29, 1.82) is 0 Å². The largest absolute Gasteiger partial charge is 0.153 e. The Morgan fingerprint density at radius 3 is 0.750 bits per heavy atom. The van der Waals surface area contributed by atoms with Gasteiger partial charge in [-0.2, -0.15) is 9.90 Å². The van der Waals surface area contributed by atoms with Crippen molar-refractivity contribution in [2.24, 2.45) is 0 Å². The third-order valence-corrected chi connectivity index (χ3v) is 0. The van der Waals surface area contributed by atoms with Gasteiger partial charge in [0.1, 0.15) is 0 Å². The standard InChI is InChI=1S/2Cu.Ni.H3P/h;;;1H3. The van der Waals surface area contributed by atoms with Crippen molar-refractivity contribution >= 4 is 9.90 Å². The quantitative estimate of drug-likeness (QED) is 0.399. The maximum atomic E-state index is 0. The molecule has 4 heavy (non-hydrogen) atoms. The zero-order valence-corrected chi connectivity index (χ0v) is 5.91. The van der Waals surface area contributed by atoms with Crippen LogP contribution in [0.1, 0.15) is 0 Å². The van der Waals surface area contributed by atoms with E-state index in [0.717, 1.165) is 0 Å². The van der Waals surface area contributed by atoms with Gasteiger partial charge in [-0.3, -0.25) is 0 Å². The van der Waals surface area contributed by atoms with E-state index in [1.807, 2.05) is 0 Å². The van der Waals surface area contributed by atoms with Crippen molar-refractivity contribution in [3.63, 3.8) is 0 Å². The fourth-order valence-electron chi connectivity index (χ4n) is 0. The second kappa shape index (κ2) is 20.2. The zero-order chi connectivity index (χ0) is 0. The molecule has 0 heterocycles. The van der Waals surface area contributed by atoms with Crippen LogP contribution in [0.15, 0.2) is 0 Å². The minimum atomic E-state index is 0. The van der Waals surface area contributed by atoms with Crippen LogP contribution in [0.2, 0.25) is 0 Å². The Bertz CT molecular complexity index is 6.00. The van der Waals surface area contributed by atoms with E-state index in [2.05, 4.69) is 0 Å². The molecule has 0 nitrogen and oxygen atoms in total. The van der Waals surface area contributed by atoms with Crippen LogP contribution in [-0.4, -0.2) is 0 Å². The van der Waals surface area contributed by atoms with Crippen molar-refractivity contribution < 1.29 is 50.6 Å². The summed E-state index contributed by atoms with van der Waals surface area (Å²) >= 11 is 0. The molecule has 0 saturated carbocycles. The summed E-state index contributed by atoms with van der Waals surface area (Å²) in [6.07, 6.45) is 0. The third-order valence-electron chi connectivity index (χ3n) is 0. The Hall–Kier alpha value is 1.96. The normalized spacial score (nSPS) is 0. The van der Waals surface area contributed by atoms with Crippen molar-refractivity contribution in [2.45, 2.75) is 0 Å². The Labute approximate surface area is 60.4 Å². The molecule has 1 atom stereocenters. The van der Waals surface area contributed by atoms with Crippen LogP contribution in [0.3, 0.4) is 0 Å². The molecule has 0 bridgehead atoms. The van der Waals surface area contributed by atoms with Gasteiger partial charge in [-0.15, -0.1) is 0 Å². The minimum absolute atomic E-state index is 0. The van der Waals surface area contributed by atoms with Crippen LogP contribution in [0, 0.1) is 0 Å². The summed E-state index contributed by atoms with van der Waals surface area (Å²) in [4.78, 5) is 0. The topological polar surface area (TPSA) is 0 Å². The molecule has 0 aliphatic rings. The van der Waals surface area contributed by atoms with Crippen LogP contribution in [0.5, 0.6) is 0 Å². The second-order valence-electron chi connectivity index (χ2n) is 0. The first kappa shape index (κ1) is 38.1. The van der Waals surface area contributed by atoms with Gasteiger partial charge in [-0.05, 0) is 0 Å². The smallest absolute Gasteiger partial charge is 0 e. The van der Waals surface area contributed by atoms with Gasteiger partial charge in [0.05, 0.1) is 0 Å². The summed E-state index contributed by atoms with van der Waals surface area (Å²) in [5.41, 5.74) is 0. The van der Waals surface area contributed by atoms with Crippen molar-refractivity contribution in [2.75, 3.05) is 0 Å². The molecule has 0 aliphatic heterocycles. The van der Waals surface area contributed by atoms with Crippen molar-refractivity contribution in [1.82, 2.24) is 0 Å². The first-order chi connectivity index (χ1) is 0. The molecule has 0 aromatic heterocycles. The fraction of sp³-hybridized carbons (Fsp3) is 0. The first-order valence-corrected chi connectivity index (χ1v) is 0. The molecule has 0 fully saturated rings. The second-order valence-corrected chi connectivity index (χ2v) is 0. The van der Waals surface area contributed by atoms with Gasteiger partial charge < -0.3 is 0 Å². The molecule has 2 radical (unpaired) electrons. The van der Waals surface area contributed by atoms with Gasteiger partial charge in [0.15, 0.2) is 0 Å². The zero-order valence-electron chi connectivity index (χ0n) is 1.63. The van der Waals surface area contributed by atoms with Gasteiger partial charge in [0.25, 0.3) is 0 Å². The van der Waals surface area contributed by atoms with E-state index in [1.54, 1.807) is 0 Å². The van der Waals surface area contributed by atoms with E-state index < -0.39 is 0 Å². The van der Waals surface area contributed by atoms with E-state index in [-0.39, 0.29) is 60.5 Å². The van der Waals surface area contributed by atoms with Crippen molar-refractivity contribution in [3.8, 4) is 0 Å². The van der Waals surface area contributed by atoms with Crippen LogP contribution in [0.4, 0.5) is 0 Å². The average Bonchev–Trinajstić information content (AvgIpc) is 0. The molecule has 0 saturated heterocycles. The van der Waals surface area contributed by atoms with E-state index >= 15 is 0 Å². The van der Waals surface area contributed by atoms with E-state index in [4.69, 9.17) is 0 Å². The minimum Gasteiger partial charge on any atom is -0.153 e. The molecule has 0 aliphatic carbocycles. The maximum absolute atomic E-state index is 0. The molecule has 0 rings (SSSR count). The van der Waals surface area contributed by atoms with Gasteiger partial charge in [-0.1, -0.05) is 0 Å². The van der Waals surface area contributed by atoms with Gasteiger partial charge in [0.2, 0.25) is 0 Å². The van der Waals surface area contributed by atoms with Gasteiger partial charge in [0, 0.05) is 50.6 Å². The van der Waals surface area contributed by atoms with Crippen LogP contribution < -0.4 is 0 Å². The Morgan fingerprint density at radius 2 is 0.750 bits per heavy atom. The van der Waals surface area contributed by atoms with Gasteiger partial charge >= 0.3 is 0 Å². The number of hydrogen-bond donors (Lipinski definition) is 0. The van der Waals surface area contributed by atoms with Crippen molar-refractivity contribution in [3.05, 3.63) is 0 Å². The van der Waals surface area contributed by atoms with E-state index in [1.165, 1.54) is 0 Å². The van der Waals surface area contributed by atoms with Gasteiger partial charge in [-0.25, -0.2) is 0 Å². The molecular formula is H3Cu2NiP.